The molecule has 7 nitrogen and oxygen atoms in total. The molecule has 1 aromatic rings. The first-order valence-electron chi connectivity index (χ1n) is 6.18. The Morgan fingerprint density at radius 3 is 3.16 bits per heavy atom. The van der Waals surface area contributed by atoms with Gasteiger partial charge in [0.15, 0.2) is 0 Å². The number of piperazine rings is 1. The van der Waals surface area contributed by atoms with Crippen molar-refractivity contribution in [2.75, 3.05) is 18.5 Å². The van der Waals surface area contributed by atoms with Gasteiger partial charge in [0.2, 0.25) is 5.91 Å². The summed E-state index contributed by atoms with van der Waals surface area (Å²) < 4.78 is 0. The zero-order valence-electron chi connectivity index (χ0n) is 10.7. The van der Waals surface area contributed by atoms with E-state index in [9.17, 15) is 9.59 Å². The van der Waals surface area contributed by atoms with E-state index in [0.717, 1.165) is 0 Å². The zero-order valence-corrected chi connectivity index (χ0v) is 10.7. The second-order valence-corrected chi connectivity index (χ2v) is 4.28. The molecule has 0 aromatic carbocycles. The number of hydrogen-bond donors (Lipinski definition) is 3. The maximum atomic E-state index is 12.5. The van der Waals surface area contributed by atoms with Crippen LogP contribution in [0.1, 0.15) is 23.7 Å². The van der Waals surface area contributed by atoms with Crippen LogP contribution in [0.2, 0.25) is 0 Å². The Hall–Kier alpha value is -2.15. The second kappa shape index (κ2) is 5.66. The van der Waals surface area contributed by atoms with Crippen molar-refractivity contribution in [1.29, 1.82) is 0 Å². The number of hydrazine groups is 1. The number of anilines is 1. The molecule has 0 saturated carbocycles. The van der Waals surface area contributed by atoms with Crippen molar-refractivity contribution >= 4 is 17.5 Å². The van der Waals surface area contributed by atoms with Gasteiger partial charge in [0.1, 0.15) is 6.04 Å². The Morgan fingerprint density at radius 1 is 1.68 bits per heavy atom. The summed E-state index contributed by atoms with van der Waals surface area (Å²) in [7, 11) is 0. The van der Waals surface area contributed by atoms with Gasteiger partial charge in [0, 0.05) is 19.3 Å². The quantitative estimate of drug-likeness (QED) is 0.514. The number of pyridine rings is 1. The predicted octanol–water partition coefficient (Wildman–Crippen LogP) is -0.282. The highest BCUT2D eigenvalue weighted by molar-refractivity contribution is 6.02. The molecule has 2 heterocycles. The Kier molecular flexibility index (Phi) is 3.96. The number of nitrogens with two attached hydrogens (primary N) is 1. The van der Waals surface area contributed by atoms with Gasteiger partial charge in [-0.3, -0.25) is 20.4 Å². The molecule has 2 rings (SSSR count). The largest absolute Gasteiger partial charge is 0.353 e. The van der Waals surface area contributed by atoms with Crippen LogP contribution < -0.4 is 16.6 Å². The maximum absolute atomic E-state index is 12.5. The summed E-state index contributed by atoms with van der Waals surface area (Å²) in [4.78, 5) is 29.8. The fourth-order valence-electron chi connectivity index (χ4n) is 2.21. The van der Waals surface area contributed by atoms with Gasteiger partial charge < -0.3 is 15.6 Å². The number of nitrogens with zero attached hydrogens (tertiary/aromatic N) is 2. The summed E-state index contributed by atoms with van der Waals surface area (Å²) in [5, 5.41) is 2.76. The standard InChI is InChI=1S/C12H17N5O2/c1-2-10-11(18)15-5-6-17(10)12(19)8-3-4-14-7-9(8)16-13/h3-4,7,10,16H,2,5-6,13H2,1H3,(H,15,18). The van der Waals surface area contributed by atoms with Crippen LogP contribution in [0.15, 0.2) is 18.5 Å². The van der Waals surface area contributed by atoms with Crippen LogP contribution in [0.5, 0.6) is 0 Å². The first kappa shape index (κ1) is 13.3. The van der Waals surface area contributed by atoms with Gasteiger partial charge in [-0.25, -0.2) is 0 Å². The van der Waals surface area contributed by atoms with Crippen molar-refractivity contribution in [3.63, 3.8) is 0 Å². The average Bonchev–Trinajstić information content (AvgIpc) is 2.46. The molecule has 1 fully saturated rings. The lowest BCUT2D eigenvalue weighted by molar-refractivity contribution is -0.127. The number of hydrogen-bond acceptors (Lipinski definition) is 5. The summed E-state index contributed by atoms with van der Waals surface area (Å²) in [6.45, 7) is 2.84. The molecule has 2 amide bonds. The van der Waals surface area contributed by atoms with Gasteiger partial charge in [-0.15, -0.1) is 0 Å². The normalized spacial score (nSPS) is 18.9. The third-order valence-corrected chi connectivity index (χ3v) is 3.19. The lowest BCUT2D eigenvalue weighted by Crippen LogP contribution is -2.57. The van der Waals surface area contributed by atoms with E-state index in [1.807, 2.05) is 6.92 Å². The zero-order chi connectivity index (χ0) is 13.8. The second-order valence-electron chi connectivity index (χ2n) is 4.28. The fourth-order valence-corrected chi connectivity index (χ4v) is 2.21. The Balaban J connectivity index is 2.29. The van der Waals surface area contributed by atoms with Crippen LogP contribution in [0.25, 0.3) is 0 Å². The fraction of sp³-hybridized carbons (Fsp3) is 0.417. The molecule has 0 aliphatic carbocycles. The molecule has 1 aliphatic heterocycles. The highest BCUT2D eigenvalue weighted by atomic mass is 16.2. The minimum atomic E-state index is -0.431. The summed E-state index contributed by atoms with van der Waals surface area (Å²) in [5.74, 6) is 5.05. The third kappa shape index (κ3) is 2.50. The monoisotopic (exact) mass is 263 g/mol. The first-order chi connectivity index (χ1) is 9.19. The van der Waals surface area contributed by atoms with Crippen molar-refractivity contribution in [3.05, 3.63) is 24.0 Å². The summed E-state index contributed by atoms with van der Waals surface area (Å²) in [5.41, 5.74) is 3.32. The SMILES string of the molecule is CCC1C(=O)NCCN1C(=O)c1ccncc1NN. The molecule has 0 spiro atoms. The van der Waals surface area contributed by atoms with Gasteiger partial charge in [-0.05, 0) is 12.5 Å². The van der Waals surface area contributed by atoms with Crippen molar-refractivity contribution in [3.8, 4) is 0 Å². The van der Waals surface area contributed by atoms with Crippen LogP contribution in [-0.2, 0) is 4.79 Å². The molecule has 0 radical (unpaired) electrons. The van der Waals surface area contributed by atoms with Crippen molar-refractivity contribution in [2.24, 2.45) is 5.84 Å². The summed E-state index contributed by atoms with van der Waals surface area (Å²) in [6, 6.07) is 1.16. The van der Waals surface area contributed by atoms with Crippen LogP contribution in [-0.4, -0.2) is 40.8 Å². The summed E-state index contributed by atoms with van der Waals surface area (Å²) in [6.07, 6.45) is 3.59. The number of amides is 2. The lowest BCUT2D eigenvalue weighted by Gasteiger charge is -2.34. The number of nitrogens with one attached hydrogen (secondary N) is 2. The van der Waals surface area contributed by atoms with Crippen molar-refractivity contribution in [2.45, 2.75) is 19.4 Å². The van der Waals surface area contributed by atoms with Gasteiger partial charge in [0.25, 0.3) is 5.91 Å². The minimum absolute atomic E-state index is 0.113. The average molecular weight is 263 g/mol. The molecule has 102 valence electrons. The molecule has 4 N–H and O–H groups in total. The predicted molar refractivity (Wildman–Crippen MR) is 70.2 cm³/mol. The minimum Gasteiger partial charge on any atom is -0.353 e. The molecular weight excluding hydrogens is 246 g/mol. The van der Waals surface area contributed by atoms with Crippen LogP contribution in [0.3, 0.4) is 0 Å². The van der Waals surface area contributed by atoms with E-state index in [1.54, 1.807) is 11.0 Å². The highest BCUT2D eigenvalue weighted by Crippen LogP contribution is 2.18. The highest BCUT2D eigenvalue weighted by Gasteiger charge is 2.32. The number of aromatic nitrogens is 1. The van der Waals surface area contributed by atoms with Gasteiger partial charge in [-0.1, -0.05) is 6.92 Å². The smallest absolute Gasteiger partial charge is 0.256 e. The third-order valence-electron chi connectivity index (χ3n) is 3.19. The van der Waals surface area contributed by atoms with E-state index in [1.165, 1.54) is 12.4 Å². The Morgan fingerprint density at radius 2 is 2.47 bits per heavy atom. The van der Waals surface area contributed by atoms with Crippen molar-refractivity contribution < 1.29 is 9.59 Å². The molecule has 1 unspecified atom stereocenters. The molecule has 0 bridgehead atoms. The number of rotatable bonds is 3. The number of nitrogen functional groups attached to an aromatic ring is 1. The topological polar surface area (TPSA) is 100 Å². The van der Waals surface area contributed by atoms with E-state index in [0.29, 0.717) is 30.8 Å². The molecule has 7 heteroatoms. The molecule has 19 heavy (non-hydrogen) atoms. The van der Waals surface area contributed by atoms with E-state index in [-0.39, 0.29) is 11.8 Å². The maximum Gasteiger partial charge on any atom is 0.256 e. The Labute approximate surface area is 111 Å². The number of carbonyl (C=O) groups is 2. The molecule has 1 saturated heterocycles. The summed E-state index contributed by atoms with van der Waals surface area (Å²) >= 11 is 0. The van der Waals surface area contributed by atoms with Crippen LogP contribution in [0, 0.1) is 0 Å². The van der Waals surface area contributed by atoms with Crippen LogP contribution >= 0.6 is 0 Å². The molecule has 1 atom stereocenters. The molecule has 1 aromatic heterocycles. The van der Waals surface area contributed by atoms with E-state index in [2.05, 4.69) is 15.7 Å². The van der Waals surface area contributed by atoms with Crippen molar-refractivity contribution in [1.82, 2.24) is 15.2 Å². The van der Waals surface area contributed by atoms with Gasteiger partial charge >= 0.3 is 0 Å². The van der Waals surface area contributed by atoms with E-state index >= 15 is 0 Å². The van der Waals surface area contributed by atoms with Crippen LogP contribution in [0.4, 0.5) is 5.69 Å². The van der Waals surface area contributed by atoms with Gasteiger partial charge in [0.05, 0.1) is 17.4 Å². The lowest BCUT2D eigenvalue weighted by atomic mass is 10.1. The molecule has 1 aliphatic rings. The Bertz CT molecular complexity index is 491. The number of carbonyl (C=O) groups excluding carboxylic acids is 2. The van der Waals surface area contributed by atoms with E-state index < -0.39 is 6.04 Å². The van der Waals surface area contributed by atoms with E-state index in [4.69, 9.17) is 5.84 Å². The van der Waals surface area contributed by atoms with Gasteiger partial charge in [-0.2, -0.15) is 0 Å². The first-order valence-corrected chi connectivity index (χ1v) is 6.18. The molecular formula is C12H17N5O2.